The Morgan fingerprint density at radius 1 is 1.21 bits per heavy atom. The van der Waals surface area contributed by atoms with Crippen molar-refractivity contribution in [3.63, 3.8) is 0 Å². The van der Waals surface area contributed by atoms with E-state index in [4.69, 9.17) is 0 Å². The van der Waals surface area contributed by atoms with E-state index in [2.05, 4.69) is 32.0 Å². The monoisotopic (exact) mass is 187 g/mol. The molecule has 0 aromatic carbocycles. The van der Waals surface area contributed by atoms with Gasteiger partial charge in [0.1, 0.15) is 0 Å². The van der Waals surface area contributed by atoms with Crippen molar-refractivity contribution in [2.75, 3.05) is 0 Å². The molecule has 0 aliphatic carbocycles. The van der Waals surface area contributed by atoms with Gasteiger partial charge in [0.25, 0.3) is 0 Å². The largest absolute Gasteiger partial charge is 0.252 e. The van der Waals surface area contributed by atoms with E-state index in [1.54, 1.807) is 6.08 Å². The molecular formula is C13H17N. The van der Waals surface area contributed by atoms with Crippen LogP contribution in [-0.4, -0.2) is 5.71 Å². The lowest BCUT2D eigenvalue weighted by atomic mass is 9.80. The molecule has 74 valence electrons. The number of allylic oxidation sites excluding steroid dienone is 5. The van der Waals surface area contributed by atoms with E-state index >= 15 is 0 Å². The third-order valence-electron chi connectivity index (χ3n) is 2.55. The molecule has 1 heteroatoms. The first-order valence-electron chi connectivity index (χ1n) is 4.79. The van der Waals surface area contributed by atoms with Gasteiger partial charge < -0.3 is 0 Å². The third-order valence-corrected chi connectivity index (χ3v) is 2.55. The van der Waals surface area contributed by atoms with E-state index in [1.807, 2.05) is 25.2 Å². The molecular weight excluding hydrogens is 170 g/mol. The van der Waals surface area contributed by atoms with Crippen LogP contribution in [0.1, 0.15) is 20.8 Å². The fourth-order valence-corrected chi connectivity index (χ4v) is 1.71. The van der Waals surface area contributed by atoms with Gasteiger partial charge in [0.2, 0.25) is 0 Å². The minimum absolute atomic E-state index is 0.0439. The van der Waals surface area contributed by atoms with E-state index in [0.717, 1.165) is 17.0 Å². The maximum absolute atomic E-state index is 4.52. The second kappa shape index (κ2) is 3.79. The van der Waals surface area contributed by atoms with Crippen molar-refractivity contribution < 1.29 is 0 Å². The third kappa shape index (κ3) is 1.50. The molecule has 0 aromatic rings. The van der Waals surface area contributed by atoms with Gasteiger partial charge in [-0.25, -0.2) is 0 Å². The van der Waals surface area contributed by atoms with Crippen molar-refractivity contribution in [1.82, 2.24) is 0 Å². The number of rotatable bonds is 3. The molecule has 1 rings (SSSR count). The molecule has 0 N–H and O–H groups in total. The average Bonchev–Trinajstić information content (AvgIpc) is 2.38. The van der Waals surface area contributed by atoms with Crippen LogP contribution in [0, 0.1) is 5.41 Å². The summed E-state index contributed by atoms with van der Waals surface area (Å²) in [5.74, 6) is 0. The van der Waals surface area contributed by atoms with Crippen LogP contribution in [-0.2, 0) is 0 Å². The lowest BCUT2D eigenvalue weighted by molar-refractivity contribution is 0.658. The molecule has 0 saturated heterocycles. The summed E-state index contributed by atoms with van der Waals surface area (Å²) < 4.78 is 0. The van der Waals surface area contributed by atoms with Gasteiger partial charge in [-0.15, -0.1) is 0 Å². The summed E-state index contributed by atoms with van der Waals surface area (Å²) in [7, 11) is 0. The molecule has 0 saturated carbocycles. The van der Waals surface area contributed by atoms with E-state index in [0.29, 0.717) is 0 Å². The van der Waals surface area contributed by atoms with E-state index in [9.17, 15) is 0 Å². The van der Waals surface area contributed by atoms with Crippen molar-refractivity contribution >= 4 is 5.71 Å². The standard InChI is InChI=1S/C13H17N/c1-6-9-12-13(4,5)10(7-2)11(8-3)14-12/h6-9H,2-3H2,1,4-5H3/b9-6+. The average molecular weight is 187 g/mol. The lowest BCUT2D eigenvalue weighted by Crippen LogP contribution is -2.20. The fraction of sp³-hybridized carbons (Fsp3) is 0.308. The second-order valence-corrected chi connectivity index (χ2v) is 3.83. The molecule has 0 radical (unpaired) electrons. The normalized spacial score (nSPS) is 20.1. The Labute approximate surface area is 86.2 Å². The van der Waals surface area contributed by atoms with Crippen molar-refractivity contribution in [3.05, 3.63) is 48.7 Å². The molecule has 0 amide bonds. The smallest absolute Gasteiger partial charge is 0.0668 e. The molecule has 0 unspecified atom stereocenters. The van der Waals surface area contributed by atoms with Crippen LogP contribution < -0.4 is 0 Å². The van der Waals surface area contributed by atoms with E-state index < -0.39 is 0 Å². The molecule has 1 aliphatic rings. The van der Waals surface area contributed by atoms with Gasteiger partial charge in [-0.05, 0) is 24.6 Å². The molecule has 0 aromatic heterocycles. The van der Waals surface area contributed by atoms with Crippen molar-refractivity contribution in [2.45, 2.75) is 20.8 Å². The van der Waals surface area contributed by atoms with Crippen molar-refractivity contribution in [3.8, 4) is 0 Å². The quantitative estimate of drug-likeness (QED) is 0.639. The Kier molecular flexibility index (Phi) is 2.90. The summed E-state index contributed by atoms with van der Waals surface area (Å²) in [5, 5.41) is 0. The van der Waals surface area contributed by atoms with Crippen LogP contribution in [0.4, 0.5) is 0 Å². The zero-order chi connectivity index (χ0) is 10.8. The minimum atomic E-state index is -0.0439. The van der Waals surface area contributed by atoms with Gasteiger partial charge in [0.15, 0.2) is 0 Å². The van der Waals surface area contributed by atoms with Crippen LogP contribution in [0.2, 0.25) is 0 Å². The highest BCUT2D eigenvalue weighted by Crippen LogP contribution is 2.38. The van der Waals surface area contributed by atoms with Crippen molar-refractivity contribution in [1.29, 1.82) is 0 Å². The number of nitrogens with zero attached hydrogens (tertiary/aromatic N) is 1. The van der Waals surface area contributed by atoms with E-state index in [1.165, 1.54) is 0 Å². The predicted molar refractivity (Wildman–Crippen MR) is 63.5 cm³/mol. The summed E-state index contributed by atoms with van der Waals surface area (Å²) in [4.78, 5) is 4.52. The first-order valence-corrected chi connectivity index (χ1v) is 4.79. The first-order chi connectivity index (χ1) is 6.57. The number of aliphatic imine (C=N–C) groups is 1. The Morgan fingerprint density at radius 2 is 1.86 bits per heavy atom. The molecule has 1 aliphatic heterocycles. The zero-order valence-corrected chi connectivity index (χ0v) is 9.17. The maximum atomic E-state index is 4.52. The summed E-state index contributed by atoms with van der Waals surface area (Å²) in [5.41, 5.74) is 3.13. The molecule has 1 heterocycles. The molecule has 0 bridgehead atoms. The number of hydrogen-bond donors (Lipinski definition) is 0. The predicted octanol–water partition coefficient (Wildman–Crippen LogP) is 3.67. The molecule has 1 nitrogen and oxygen atoms in total. The second-order valence-electron chi connectivity index (χ2n) is 3.83. The van der Waals surface area contributed by atoms with Crippen LogP contribution >= 0.6 is 0 Å². The van der Waals surface area contributed by atoms with Crippen LogP contribution in [0.15, 0.2) is 53.7 Å². The highest BCUT2D eigenvalue weighted by Gasteiger charge is 2.32. The molecule has 0 spiro atoms. The van der Waals surface area contributed by atoms with Crippen LogP contribution in [0.5, 0.6) is 0 Å². The summed E-state index contributed by atoms with van der Waals surface area (Å²) in [6.45, 7) is 13.9. The van der Waals surface area contributed by atoms with Gasteiger partial charge >= 0.3 is 0 Å². The zero-order valence-electron chi connectivity index (χ0n) is 9.17. The Hall–Kier alpha value is -1.37. The number of hydrogen-bond acceptors (Lipinski definition) is 1. The van der Waals surface area contributed by atoms with Crippen molar-refractivity contribution in [2.24, 2.45) is 10.4 Å². The van der Waals surface area contributed by atoms with Gasteiger partial charge in [-0.1, -0.05) is 39.2 Å². The van der Waals surface area contributed by atoms with Gasteiger partial charge in [0.05, 0.1) is 11.4 Å². The van der Waals surface area contributed by atoms with Crippen LogP contribution in [0.25, 0.3) is 0 Å². The van der Waals surface area contributed by atoms with E-state index in [-0.39, 0.29) is 5.41 Å². The van der Waals surface area contributed by atoms with Gasteiger partial charge in [-0.3, -0.25) is 4.99 Å². The molecule has 0 atom stereocenters. The first kappa shape index (κ1) is 10.7. The highest BCUT2D eigenvalue weighted by atomic mass is 14.8. The SMILES string of the molecule is C=CC1=C(C=C)C(C)(C)C(/C=C/C)=N1. The summed E-state index contributed by atoms with van der Waals surface area (Å²) >= 11 is 0. The minimum Gasteiger partial charge on any atom is -0.252 e. The highest BCUT2D eigenvalue weighted by molar-refractivity contribution is 6.04. The van der Waals surface area contributed by atoms with Gasteiger partial charge in [0, 0.05) is 5.41 Å². The fourth-order valence-electron chi connectivity index (χ4n) is 1.71. The van der Waals surface area contributed by atoms with Gasteiger partial charge in [-0.2, -0.15) is 0 Å². The van der Waals surface area contributed by atoms with Crippen LogP contribution in [0.3, 0.4) is 0 Å². The Morgan fingerprint density at radius 3 is 2.21 bits per heavy atom. The Bertz CT molecular complexity index is 351. The maximum Gasteiger partial charge on any atom is 0.0668 e. The Balaban J connectivity index is 3.24. The lowest BCUT2D eigenvalue weighted by Gasteiger charge is -2.21. The molecule has 14 heavy (non-hydrogen) atoms. The molecule has 0 fully saturated rings. The topological polar surface area (TPSA) is 12.4 Å². The summed E-state index contributed by atoms with van der Waals surface area (Å²) in [6.07, 6.45) is 7.71. The summed E-state index contributed by atoms with van der Waals surface area (Å²) in [6, 6.07) is 0.